The van der Waals surface area contributed by atoms with Gasteiger partial charge in [-0.1, -0.05) is 0 Å². The van der Waals surface area contributed by atoms with Crippen LogP contribution in [0.15, 0.2) is 12.5 Å². The summed E-state index contributed by atoms with van der Waals surface area (Å²) in [6.45, 7) is 0. The lowest BCUT2D eigenvalue weighted by atomic mass is 10.1. The molecule has 1 aromatic rings. The summed E-state index contributed by atoms with van der Waals surface area (Å²) in [6.07, 6.45) is 2.47. The number of nitrogens with one attached hydrogen (secondary N) is 2. The summed E-state index contributed by atoms with van der Waals surface area (Å²) in [5.41, 5.74) is 0.430. The first kappa shape index (κ1) is 9.66. The fourth-order valence-electron chi connectivity index (χ4n) is 0.915. The minimum atomic E-state index is -2.44. The van der Waals surface area contributed by atoms with Crippen LogP contribution >= 0.6 is 0 Å². The van der Waals surface area contributed by atoms with Crippen molar-refractivity contribution in [2.75, 3.05) is 7.05 Å². The maximum absolute atomic E-state index is 13.4. The molecular weight excluding hydrogens is 177 g/mol. The summed E-state index contributed by atoms with van der Waals surface area (Å²) >= 11 is 0. The van der Waals surface area contributed by atoms with Crippen LogP contribution in [0.3, 0.4) is 0 Å². The first-order valence-corrected chi connectivity index (χ1v) is 3.67. The van der Waals surface area contributed by atoms with Crippen LogP contribution in [0.5, 0.6) is 0 Å². The molecule has 1 aromatic heterocycles. The minimum absolute atomic E-state index is 0.279. The van der Waals surface area contributed by atoms with Crippen LogP contribution in [0.1, 0.15) is 5.69 Å². The number of aromatic amines is 1. The van der Waals surface area contributed by atoms with Crippen molar-refractivity contribution in [2.24, 2.45) is 0 Å². The fraction of sp³-hybridized carbons (Fsp3) is 0.429. The van der Waals surface area contributed by atoms with Gasteiger partial charge >= 0.3 is 5.97 Å². The third kappa shape index (κ3) is 2.03. The molecule has 1 heterocycles. The second-order valence-corrected chi connectivity index (χ2v) is 2.61. The van der Waals surface area contributed by atoms with Gasteiger partial charge in [-0.3, -0.25) is 5.32 Å². The molecule has 0 amide bonds. The van der Waals surface area contributed by atoms with Crippen molar-refractivity contribution in [3.8, 4) is 0 Å². The number of halogens is 1. The molecule has 72 valence electrons. The van der Waals surface area contributed by atoms with Gasteiger partial charge in [0.1, 0.15) is 0 Å². The van der Waals surface area contributed by atoms with Gasteiger partial charge < -0.3 is 10.1 Å². The molecule has 0 aliphatic heterocycles. The van der Waals surface area contributed by atoms with Crippen LogP contribution in [0.4, 0.5) is 4.39 Å². The van der Waals surface area contributed by atoms with E-state index in [4.69, 9.17) is 5.11 Å². The molecule has 0 saturated carbocycles. The largest absolute Gasteiger partial charge is 0.478 e. The molecule has 0 aliphatic rings. The number of hydrogen-bond donors (Lipinski definition) is 3. The highest BCUT2D eigenvalue weighted by atomic mass is 19.1. The van der Waals surface area contributed by atoms with E-state index in [0.29, 0.717) is 5.69 Å². The van der Waals surface area contributed by atoms with E-state index in [9.17, 15) is 9.18 Å². The third-order valence-corrected chi connectivity index (χ3v) is 1.72. The van der Waals surface area contributed by atoms with E-state index in [1.165, 1.54) is 19.6 Å². The van der Waals surface area contributed by atoms with Crippen LogP contribution in [0.2, 0.25) is 0 Å². The van der Waals surface area contributed by atoms with Crippen LogP contribution < -0.4 is 5.32 Å². The number of nitrogens with zero attached hydrogens (tertiary/aromatic N) is 1. The molecule has 6 heteroatoms. The fourth-order valence-corrected chi connectivity index (χ4v) is 0.915. The molecule has 0 radical (unpaired) electrons. The molecule has 1 rings (SSSR count). The maximum Gasteiger partial charge on any atom is 0.357 e. The highest BCUT2D eigenvalue weighted by molar-refractivity contribution is 5.77. The Bertz CT molecular complexity index is 288. The van der Waals surface area contributed by atoms with Gasteiger partial charge in [0, 0.05) is 18.3 Å². The van der Waals surface area contributed by atoms with Gasteiger partial charge in [-0.25, -0.2) is 14.2 Å². The van der Waals surface area contributed by atoms with Crippen molar-refractivity contribution in [1.29, 1.82) is 0 Å². The number of carbonyl (C=O) groups is 1. The Morgan fingerprint density at radius 3 is 3.00 bits per heavy atom. The van der Waals surface area contributed by atoms with Gasteiger partial charge in [-0.05, 0) is 7.05 Å². The molecule has 0 aliphatic carbocycles. The quantitative estimate of drug-likeness (QED) is 0.576. The van der Waals surface area contributed by atoms with E-state index in [1.54, 1.807) is 0 Å². The molecule has 0 saturated heterocycles. The number of aromatic nitrogens is 2. The SMILES string of the molecule is CNC(F)(Cc1cnc[nH]1)C(=O)O. The number of rotatable bonds is 4. The van der Waals surface area contributed by atoms with E-state index in [1.807, 2.05) is 0 Å². The summed E-state index contributed by atoms with van der Waals surface area (Å²) in [6, 6.07) is 0. The van der Waals surface area contributed by atoms with Gasteiger partial charge in [0.05, 0.1) is 6.33 Å². The van der Waals surface area contributed by atoms with E-state index < -0.39 is 11.8 Å². The Kier molecular flexibility index (Phi) is 2.62. The van der Waals surface area contributed by atoms with Crippen molar-refractivity contribution in [3.05, 3.63) is 18.2 Å². The molecule has 13 heavy (non-hydrogen) atoms. The van der Waals surface area contributed by atoms with Gasteiger partial charge in [-0.15, -0.1) is 0 Å². The third-order valence-electron chi connectivity index (χ3n) is 1.72. The molecule has 3 N–H and O–H groups in total. The van der Waals surface area contributed by atoms with Crippen molar-refractivity contribution in [3.63, 3.8) is 0 Å². The monoisotopic (exact) mass is 187 g/mol. The second kappa shape index (κ2) is 3.53. The summed E-state index contributed by atoms with van der Waals surface area (Å²) in [5, 5.41) is 10.7. The smallest absolute Gasteiger partial charge is 0.357 e. The Balaban J connectivity index is 2.75. The van der Waals surface area contributed by atoms with Gasteiger partial charge in [0.25, 0.3) is 5.79 Å². The number of hydrogen-bond acceptors (Lipinski definition) is 3. The van der Waals surface area contributed by atoms with E-state index in [2.05, 4.69) is 15.3 Å². The van der Waals surface area contributed by atoms with Crippen molar-refractivity contribution >= 4 is 5.97 Å². The number of likely N-dealkylation sites (N-methyl/N-ethyl adjacent to an activating group) is 1. The van der Waals surface area contributed by atoms with Gasteiger partial charge in [-0.2, -0.15) is 0 Å². The summed E-state index contributed by atoms with van der Waals surface area (Å²) < 4.78 is 13.4. The zero-order chi connectivity index (χ0) is 9.90. The number of carboxylic acids is 1. The summed E-state index contributed by atoms with van der Waals surface area (Å²) in [5.74, 6) is -3.98. The lowest BCUT2D eigenvalue weighted by Gasteiger charge is -2.18. The molecule has 0 aromatic carbocycles. The molecule has 0 bridgehead atoms. The van der Waals surface area contributed by atoms with Crippen molar-refractivity contribution < 1.29 is 14.3 Å². The number of aliphatic carboxylic acids is 1. The Labute approximate surface area is 74.0 Å². The Morgan fingerprint density at radius 1 is 1.92 bits per heavy atom. The topological polar surface area (TPSA) is 78.0 Å². The van der Waals surface area contributed by atoms with Crippen LogP contribution in [-0.2, 0) is 11.2 Å². The van der Waals surface area contributed by atoms with E-state index in [-0.39, 0.29) is 6.42 Å². The van der Waals surface area contributed by atoms with Gasteiger partial charge in [0.2, 0.25) is 0 Å². The van der Waals surface area contributed by atoms with Crippen molar-refractivity contribution in [1.82, 2.24) is 15.3 Å². The molecule has 5 nitrogen and oxygen atoms in total. The molecule has 1 atom stereocenters. The first-order chi connectivity index (χ1) is 6.08. The predicted octanol–water partition coefficient (Wildman–Crippen LogP) is -0.0780. The number of carboxylic acid groups (broad SMARTS) is 1. The summed E-state index contributed by atoms with van der Waals surface area (Å²) in [7, 11) is 1.25. The minimum Gasteiger partial charge on any atom is -0.478 e. The predicted molar refractivity (Wildman–Crippen MR) is 42.8 cm³/mol. The standard InChI is InChI=1S/C7H10FN3O2/c1-9-7(8,6(12)13)2-5-3-10-4-11-5/h3-4,9H,2H2,1H3,(H,10,11)(H,12,13). The second-order valence-electron chi connectivity index (χ2n) is 2.61. The zero-order valence-electron chi connectivity index (χ0n) is 7.04. The Morgan fingerprint density at radius 2 is 2.62 bits per heavy atom. The van der Waals surface area contributed by atoms with E-state index in [0.717, 1.165) is 0 Å². The first-order valence-electron chi connectivity index (χ1n) is 3.67. The molecule has 1 unspecified atom stereocenters. The number of alkyl halides is 1. The lowest BCUT2D eigenvalue weighted by Crippen LogP contribution is -2.48. The zero-order valence-corrected chi connectivity index (χ0v) is 7.04. The number of H-pyrrole nitrogens is 1. The van der Waals surface area contributed by atoms with Gasteiger partial charge in [0.15, 0.2) is 0 Å². The number of imidazole rings is 1. The summed E-state index contributed by atoms with van der Waals surface area (Å²) in [4.78, 5) is 16.8. The highest BCUT2D eigenvalue weighted by Gasteiger charge is 2.37. The molecular formula is C7H10FN3O2. The Hall–Kier alpha value is -1.43. The maximum atomic E-state index is 13.4. The van der Waals surface area contributed by atoms with Crippen LogP contribution in [0.25, 0.3) is 0 Å². The normalized spacial score (nSPS) is 15.2. The molecule has 0 fully saturated rings. The average molecular weight is 187 g/mol. The van der Waals surface area contributed by atoms with Crippen LogP contribution in [-0.4, -0.2) is 33.9 Å². The van der Waals surface area contributed by atoms with E-state index >= 15 is 0 Å². The van der Waals surface area contributed by atoms with Crippen molar-refractivity contribution in [2.45, 2.75) is 12.2 Å². The molecule has 0 spiro atoms. The van der Waals surface area contributed by atoms with Crippen LogP contribution in [0, 0.1) is 0 Å². The highest BCUT2D eigenvalue weighted by Crippen LogP contribution is 2.12. The lowest BCUT2D eigenvalue weighted by molar-refractivity contribution is -0.153. The average Bonchev–Trinajstić information content (AvgIpc) is 2.56.